The Bertz CT molecular complexity index is 475. The van der Waals surface area contributed by atoms with Crippen molar-refractivity contribution in [3.05, 3.63) is 21.0 Å². The van der Waals surface area contributed by atoms with Crippen molar-refractivity contribution in [3.8, 4) is 0 Å². The summed E-state index contributed by atoms with van der Waals surface area (Å²) >= 11 is 3.18. The van der Waals surface area contributed by atoms with E-state index in [1.165, 1.54) is 13.3 Å². The SMILES string of the molecule is COC(=O)Cn1ncc(NCCCN)c(Br)c1=O. The second-order valence-corrected chi connectivity index (χ2v) is 4.27. The minimum atomic E-state index is -0.527. The molecule has 1 heterocycles. The normalized spacial score (nSPS) is 10.2. The Morgan fingerprint density at radius 1 is 1.67 bits per heavy atom. The van der Waals surface area contributed by atoms with E-state index in [-0.39, 0.29) is 6.54 Å². The highest BCUT2D eigenvalue weighted by Crippen LogP contribution is 2.15. The van der Waals surface area contributed by atoms with Crippen LogP contribution < -0.4 is 16.6 Å². The minimum Gasteiger partial charge on any atom is -0.468 e. The molecule has 0 saturated carbocycles. The van der Waals surface area contributed by atoms with Crippen molar-refractivity contribution in [2.24, 2.45) is 5.73 Å². The number of anilines is 1. The maximum Gasteiger partial charge on any atom is 0.327 e. The molecule has 0 aliphatic heterocycles. The average Bonchev–Trinajstić information content (AvgIpc) is 2.37. The number of aromatic nitrogens is 2. The Balaban J connectivity index is 2.84. The summed E-state index contributed by atoms with van der Waals surface area (Å²) in [6, 6.07) is 0. The summed E-state index contributed by atoms with van der Waals surface area (Å²) < 4.78 is 5.84. The molecule has 0 saturated heterocycles. The van der Waals surface area contributed by atoms with Crippen molar-refractivity contribution < 1.29 is 9.53 Å². The van der Waals surface area contributed by atoms with Crippen LogP contribution in [0.1, 0.15) is 6.42 Å². The fraction of sp³-hybridized carbons (Fsp3) is 0.500. The Hall–Kier alpha value is -1.41. The Morgan fingerprint density at radius 3 is 3.00 bits per heavy atom. The molecule has 1 rings (SSSR count). The third kappa shape index (κ3) is 3.81. The molecule has 0 aliphatic rings. The van der Waals surface area contributed by atoms with Gasteiger partial charge < -0.3 is 15.8 Å². The van der Waals surface area contributed by atoms with E-state index in [2.05, 4.69) is 31.1 Å². The van der Waals surface area contributed by atoms with Gasteiger partial charge in [0.25, 0.3) is 5.56 Å². The van der Waals surface area contributed by atoms with Gasteiger partial charge in [-0.3, -0.25) is 9.59 Å². The van der Waals surface area contributed by atoms with E-state index in [0.717, 1.165) is 11.1 Å². The molecule has 18 heavy (non-hydrogen) atoms. The molecule has 0 radical (unpaired) electrons. The topological polar surface area (TPSA) is 99.2 Å². The van der Waals surface area contributed by atoms with Gasteiger partial charge in [0.05, 0.1) is 19.0 Å². The van der Waals surface area contributed by atoms with Crippen LogP contribution in [0.5, 0.6) is 0 Å². The molecular weight excluding hydrogens is 304 g/mol. The molecule has 0 unspecified atom stereocenters. The number of halogens is 1. The lowest BCUT2D eigenvalue weighted by Crippen LogP contribution is -2.28. The van der Waals surface area contributed by atoms with E-state index >= 15 is 0 Å². The molecule has 100 valence electrons. The summed E-state index contributed by atoms with van der Waals surface area (Å²) in [5, 5.41) is 6.92. The lowest BCUT2D eigenvalue weighted by molar-refractivity contribution is -0.141. The van der Waals surface area contributed by atoms with Gasteiger partial charge in [-0.25, -0.2) is 4.68 Å². The molecule has 0 fully saturated rings. The predicted molar refractivity (Wildman–Crippen MR) is 70.4 cm³/mol. The van der Waals surface area contributed by atoms with Gasteiger partial charge in [0.15, 0.2) is 0 Å². The molecular formula is C10H15BrN4O3. The number of hydrogen-bond acceptors (Lipinski definition) is 6. The van der Waals surface area contributed by atoms with E-state index in [1.807, 2.05) is 0 Å². The van der Waals surface area contributed by atoms with Crippen LogP contribution in [-0.2, 0) is 16.1 Å². The molecule has 3 N–H and O–H groups in total. The second-order valence-electron chi connectivity index (χ2n) is 3.48. The van der Waals surface area contributed by atoms with Crippen LogP contribution in [-0.4, -0.2) is 35.9 Å². The molecule has 0 spiro atoms. The third-order valence-corrected chi connectivity index (χ3v) is 2.95. The van der Waals surface area contributed by atoms with Crippen molar-refractivity contribution in [1.82, 2.24) is 9.78 Å². The number of nitrogens with zero attached hydrogens (tertiary/aromatic N) is 2. The predicted octanol–water partition coefficient (Wildman–Crippen LogP) is -0.0605. The van der Waals surface area contributed by atoms with Crippen LogP contribution in [0.3, 0.4) is 0 Å². The molecule has 0 bridgehead atoms. The first-order valence-electron chi connectivity index (χ1n) is 5.36. The molecule has 0 aromatic carbocycles. The van der Waals surface area contributed by atoms with Crippen molar-refractivity contribution in [3.63, 3.8) is 0 Å². The van der Waals surface area contributed by atoms with E-state index in [0.29, 0.717) is 23.2 Å². The maximum atomic E-state index is 11.9. The monoisotopic (exact) mass is 318 g/mol. The molecule has 1 aromatic rings. The highest BCUT2D eigenvalue weighted by atomic mass is 79.9. The first kappa shape index (κ1) is 14.7. The zero-order chi connectivity index (χ0) is 13.5. The number of nitrogens with one attached hydrogen (secondary N) is 1. The van der Waals surface area contributed by atoms with Crippen molar-refractivity contribution in [1.29, 1.82) is 0 Å². The Morgan fingerprint density at radius 2 is 2.39 bits per heavy atom. The molecule has 1 aromatic heterocycles. The van der Waals surface area contributed by atoms with Crippen molar-refractivity contribution in [2.75, 3.05) is 25.5 Å². The van der Waals surface area contributed by atoms with Crippen LogP contribution in [0.2, 0.25) is 0 Å². The Labute approximate surface area is 112 Å². The highest BCUT2D eigenvalue weighted by molar-refractivity contribution is 9.10. The van der Waals surface area contributed by atoms with Gasteiger partial charge in [-0.05, 0) is 28.9 Å². The van der Waals surface area contributed by atoms with Crippen molar-refractivity contribution >= 4 is 27.6 Å². The zero-order valence-corrected chi connectivity index (χ0v) is 11.6. The van der Waals surface area contributed by atoms with Gasteiger partial charge in [-0.2, -0.15) is 5.10 Å². The van der Waals surface area contributed by atoms with Gasteiger partial charge in [0.1, 0.15) is 11.0 Å². The third-order valence-electron chi connectivity index (χ3n) is 2.19. The summed E-state index contributed by atoms with van der Waals surface area (Å²) in [7, 11) is 1.26. The van der Waals surface area contributed by atoms with E-state index in [9.17, 15) is 9.59 Å². The summed E-state index contributed by atoms with van der Waals surface area (Å²) in [6.45, 7) is 1.01. The van der Waals surface area contributed by atoms with E-state index < -0.39 is 11.5 Å². The molecule has 0 amide bonds. The number of rotatable bonds is 6. The maximum absolute atomic E-state index is 11.9. The van der Waals surface area contributed by atoms with Crippen LogP contribution in [0.15, 0.2) is 15.5 Å². The fourth-order valence-electron chi connectivity index (χ4n) is 1.21. The fourth-order valence-corrected chi connectivity index (χ4v) is 1.66. The lowest BCUT2D eigenvalue weighted by atomic mass is 10.4. The van der Waals surface area contributed by atoms with Gasteiger partial charge in [-0.15, -0.1) is 0 Å². The average molecular weight is 319 g/mol. The summed E-state index contributed by atoms with van der Waals surface area (Å²) in [4.78, 5) is 22.9. The largest absolute Gasteiger partial charge is 0.468 e. The highest BCUT2D eigenvalue weighted by Gasteiger charge is 2.11. The summed E-state index contributed by atoms with van der Waals surface area (Å²) in [6.07, 6.45) is 2.27. The number of hydrogen-bond donors (Lipinski definition) is 2. The summed E-state index contributed by atoms with van der Waals surface area (Å²) in [5.41, 5.74) is 5.56. The van der Waals surface area contributed by atoms with Crippen LogP contribution >= 0.6 is 15.9 Å². The van der Waals surface area contributed by atoms with Crippen LogP contribution in [0.4, 0.5) is 5.69 Å². The van der Waals surface area contributed by atoms with Gasteiger partial charge in [0, 0.05) is 6.54 Å². The number of esters is 1. The number of carbonyl (C=O) groups excluding carboxylic acids is 1. The van der Waals surface area contributed by atoms with Crippen molar-refractivity contribution in [2.45, 2.75) is 13.0 Å². The summed E-state index contributed by atoms with van der Waals surface area (Å²) in [5.74, 6) is -0.527. The second kappa shape index (κ2) is 7.12. The number of nitrogens with two attached hydrogens (primary N) is 1. The smallest absolute Gasteiger partial charge is 0.327 e. The van der Waals surface area contributed by atoms with E-state index in [1.54, 1.807) is 0 Å². The molecule has 0 aliphatic carbocycles. The standard InChI is InChI=1S/C10H15BrN4O3/c1-18-8(16)6-15-10(17)9(11)7(5-14-15)13-4-2-3-12/h5,13H,2-4,6,12H2,1H3. The van der Waals surface area contributed by atoms with E-state index in [4.69, 9.17) is 5.73 Å². The number of methoxy groups -OCH3 is 1. The lowest BCUT2D eigenvalue weighted by Gasteiger charge is -2.09. The number of ether oxygens (including phenoxy) is 1. The van der Waals surface area contributed by atoms with Gasteiger partial charge in [-0.1, -0.05) is 0 Å². The molecule has 0 atom stereocenters. The quantitative estimate of drug-likeness (QED) is 0.563. The molecule has 8 heteroatoms. The number of carbonyl (C=O) groups is 1. The first-order chi connectivity index (χ1) is 8.60. The molecule has 7 nitrogen and oxygen atoms in total. The minimum absolute atomic E-state index is 0.211. The zero-order valence-electron chi connectivity index (χ0n) is 9.98. The first-order valence-corrected chi connectivity index (χ1v) is 6.15. The van der Waals surface area contributed by atoms with Crippen LogP contribution in [0.25, 0.3) is 0 Å². The van der Waals surface area contributed by atoms with Gasteiger partial charge >= 0.3 is 5.97 Å². The van der Waals surface area contributed by atoms with Crippen LogP contribution in [0, 0.1) is 0 Å². The van der Waals surface area contributed by atoms with Gasteiger partial charge in [0.2, 0.25) is 0 Å². The Kier molecular flexibility index (Phi) is 5.79.